The lowest BCUT2D eigenvalue weighted by atomic mass is 10.2. The van der Waals surface area contributed by atoms with Crippen LogP contribution in [-0.4, -0.2) is 37.5 Å². The number of rotatable bonds is 8. The van der Waals surface area contributed by atoms with Gasteiger partial charge in [0.2, 0.25) is 5.91 Å². The number of hydrogen-bond acceptors (Lipinski definition) is 4. The van der Waals surface area contributed by atoms with E-state index in [1.54, 1.807) is 6.92 Å². The molecule has 132 valence electrons. The van der Waals surface area contributed by atoms with Gasteiger partial charge in [-0.05, 0) is 25.5 Å². The highest BCUT2D eigenvalue weighted by atomic mass is 19.1. The first-order valence-corrected chi connectivity index (χ1v) is 7.43. The molecule has 0 saturated carbocycles. The normalized spacial score (nSPS) is 11.5. The van der Waals surface area contributed by atoms with Gasteiger partial charge in [-0.25, -0.2) is 8.78 Å². The third-order valence-electron chi connectivity index (χ3n) is 3.15. The zero-order chi connectivity index (χ0) is 18.1. The van der Waals surface area contributed by atoms with Crippen LogP contribution in [0.4, 0.5) is 8.78 Å². The molecule has 0 fully saturated rings. The molecule has 0 saturated heterocycles. The Balaban J connectivity index is 2.29. The molecular formula is C16H20F2N2O4. The first kappa shape index (κ1) is 19.5. The molecule has 6 nitrogen and oxygen atoms in total. The van der Waals surface area contributed by atoms with Crippen LogP contribution in [0.1, 0.15) is 36.5 Å². The molecule has 8 heteroatoms. The van der Waals surface area contributed by atoms with Crippen molar-refractivity contribution in [2.45, 2.75) is 32.2 Å². The zero-order valence-electron chi connectivity index (χ0n) is 13.5. The Kier molecular flexibility index (Phi) is 7.81. The van der Waals surface area contributed by atoms with Gasteiger partial charge in [-0.1, -0.05) is 0 Å². The third kappa shape index (κ3) is 6.72. The third-order valence-corrected chi connectivity index (χ3v) is 3.15. The van der Waals surface area contributed by atoms with E-state index in [2.05, 4.69) is 15.4 Å². The van der Waals surface area contributed by atoms with Gasteiger partial charge in [0, 0.05) is 25.1 Å². The van der Waals surface area contributed by atoms with E-state index >= 15 is 0 Å². The van der Waals surface area contributed by atoms with E-state index in [1.165, 1.54) is 7.11 Å². The van der Waals surface area contributed by atoms with Crippen LogP contribution >= 0.6 is 0 Å². The van der Waals surface area contributed by atoms with Crippen LogP contribution in [0.2, 0.25) is 0 Å². The Morgan fingerprint density at radius 2 is 1.96 bits per heavy atom. The Hall–Kier alpha value is -2.51. The maximum absolute atomic E-state index is 13.4. The smallest absolute Gasteiger partial charge is 0.307 e. The fraction of sp³-hybridized carbons (Fsp3) is 0.438. The van der Waals surface area contributed by atoms with Gasteiger partial charge in [-0.15, -0.1) is 0 Å². The van der Waals surface area contributed by atoms with Gasteiger partial charge in [0.05, 0.1) is 19.1 Å². The lowest BCUT2D eigenvalue weighted by Crippen LogP contribution is -2.35. The molecular weight excluding hydrogens is 322 g/mol. The predicted molar refractivity (Wildman–Crippen MR) is 82.2 cm³/mol. The fourth-order valence-electron chi connectivity index (χ4n) is 1.95. The number of halogens is 2. The van der Waals surface area contributed by atoms with Gasteiger partial charge < -0.3 is 15.4 Å². The van der Waals surface area contributed by atoms with Crippen molar-refractivity contribution in [1.82, 2.24) is 10.6 Å². The Bertz CT molecular complexity index is 608. The van der Waals surface area contributed by atoms with Crippen LogP contribution in [0.15, 0.2) is 18.2 Å². The average Bonchev–Trinajstić information content (AvgIpc) is 2.50. The summed E-state index contributed by atoms with van der Waals surface area (Å²) in [7, 11) is 1.27. The maximum atomic E-state index is 13.4. The fourth-order valence-corrected chi connectivity index (χ4v) is 1.95. The summed E-state index contributed by atoms with van der Waals surface area (Å²) in [5, 5.41) is 5.08. The minimum Gasteiger partial charge on any atom is -0.469 e. The van der Waals surface area contributed by atoms with Gasteiger partial charge >= 0.3 is 5.97 Å². The highest BCUT2D eigenvalue weighted by molar-refractivity contribution is 5.94. The number of carbonyl (C=O) groups is 3. The lowest BCUT2D eigenvalue weighted by Gasteiger charge is -2.12. The Labute approximate surface area is 138 Å². The zero-order valence-corrected chi connectivity index (χ0v) is 13.5. The van der Waals surface area contributed by atoms with E-state index in [0.29, 0.717) is 12.5 Å². The summed E-state index contributed by atoms with van der Waals surface area (Å²) < 4.78 is 30.7. The molecule has 24 heavy (non-hydrogen) atoms. The van der Waals surface area contributed by atoms with Crippen molar-refractivity contribution < 1.29 is 27.9 Å². The minimum absolute atomic E-state index is 0.0722. The van der Waals surface area contributed by atoms with Crippen LogP contribution in [0.5, 0.6) is 0 Å². The van der Waals surface area contributed by atoms with E-state index in [4.69, 9.17) is 0 Å². The van der Waals surface area contributed by atoms with Crippen LogP contribution in [0.25, 0.3) is 0 Å². The van der Waals surface area contributed by atoms with Crippen molar-refractivity contribution >= 4 is 17.8 Å². The number of methoxy groups -OCH3 is 1. The maximum Gasteiger partial charge on any atom is 0.307 e. The Morgan fingerprint density at radius 1 is 1.25 bits per heavy atom. The molecule has 2 N–H and O–H groups in total. The molecule has 1 rings (SSSR count). The molecule has 2 amide bonds. The van der Waals surface area contributed by atoms with Crippen molar-refractivity contribution in [3.63, 3.8) is 0 Å². The van der Waals surface area contributed by atoms with E-state index in [1.807, 2.05) is 0 Å². The molecule has 0 aliphatic carbocycles. The van der Waals surface area contributed by atoms with Gasteiger partial charge in [0.25, 0.3) is 5.91 Å². The number of carbonyl (C=O) groups excluding carboxylic acids is 3. The SMILES string of the molecule is COC(=O)CC(C)NC(=O)CCCNC(=O)c1ccc(F)cc1F. The number of esters is 1. The molecule has 1 atom stereocenters. The number of nitrogens with one attached hydrogen (secondary N) is 2. The number of ether oxygens (including phenoxy) is 1. The molecule has 0 aromatic heterocycles. The quantitative estimate of drug-likeness (QED) is 0.554. The predicted octanol–water partition coefficient (Wildman–Crippen LogP) is 1.54. The molecule has 0 bridgehead atoms. The van der Waals surface area contributed by atoms with Crippen LogP contribution in [-0.2, 0) is 14.3 Å². The summed E-state index contributed by atoms with van der Waals surface area (Å²) in [5.74, 6) is -3.07. The van der Waals surface area contributed by atoms with Gasteiger partial charge in [-0.2, -0.15) is 0 Å². The van der Waals surface area contributed by atoms with Gasteiger partial charge in [0.1, 0.15) is 11.6 Å². The second kappa shape index (κ2) is 9.59. The molecule has 0 spiro atoms. The highest BCUT2D eigenvalue weighted by Crippen LogP contribution is 2.09. The van der Waals surface area contributed by atoms with Crippen molar-refractivity contribution in [3.05, 3.63) is 35.4 Å². The summed E-state index contributed by atoms with van der Waals surface area (Å²) in [4.78, 5) is 34.4. The second-order valence-corrected chi connectivity index (χ2v) is 5.23. The first-order valence-electron chi connectivity index (χ1n) is 7.43. The monoisotopic (exact) mass is 342 g/mol. The summed E-state index contributed by atoms with van der Waals surface area (Å²) in [5.41, 5.74) is -0.257. The summed E-state index contributed by atoms with van der Waals surface area (Å²) in [6.07, 6.45) is 0.547. The summed E-state index contributed by atoms with van der Waals surface area (Å²) >= 11 is 0. The highest BCUT2D eigenvalue weighted by Gasteiger charge is 2.13. The van der Waals surface area contributed by atoms with Crippen molar-refractivity contribution in [1.29, 1.82) is 0 Å². The summed E-state index contributed by atoms with van der Waals surface area (Å²) in [6, 6.07) is 2.33. The van der Waals surface area contributed by atoms with Crippen molar-refractivity contribution in [2.75, 3.05) is 13.7 Å². The van der Waals surface area contributed by atoms with E-state index in [9.17, 15) is 23.2 Å². The molecule has 1 aromatic rings. The molecule has 1 unspecified atom stereocenters. The number of benzene rings is 1. The van der Waals surface area contributed by atoms with E-state index in [0.717, 1.165) is 12.1 Å². The van der Waals surface area contributed by atoms with Crippen LogP contribution < -0.4 is 10.6 Å². The van der Waals surface area contributed by atoms with E-state index < -0.39 is 23.5 Å². The Morgan fingerprint density at radius 3 is 2.58 bits per heavy atom. The van der Waals surface area contributed by atoms with Gasteiger partial charge in [-0.3, -0.25) is 14.4 Å². The largest absolute Gasteiger partial charge is 0.469 e. The standard InChI is InChI=1S/C16H20F2N2O4/c1-10(8-15(22)24-2)20-14(21)4-3-7-19-16(23)12-6-5-11(17)9-13(12)18/h5-6,9-10H,3-4,7-8H2,1-2H3,(H,19,23)(H,20,21). The van der Waals surface area contributed by atoms with Crippen molar-refractivity contribution in [2.24, 2.45) is 0 Å². The van der Waals surface area contributed by atoms with Crippen molar-refractivity contribution in [3.8, 4) is 0 Å². The molecule has 0 radical (unpaired) electrons. The average molecular weight is 342 g/mol. The topological polar surface area (TPSA) is 84.5 Å². The molecule has 1 aromatic carbocycles. The second-order valence-electron chi connectivity index (χ2n) is 5.23. The van der Waals surface area contributed by atoms with Crippen LogP contribution in [0, 0.1) is 11.6 Å². The summed E-state index contributed by atoms with van der Waals surface area (Å²) in [6.45, 7) is 1.84. The number of hydrogen-bond donors (Lipinski definition) is 2. The number of amides is 2. The lowest BCUT2D eigenvalue weighted by molar-refractivity contribution is -0.141. The van der Waals surface area contributed by atoms with Gasteiger partial charge in [0.15, 0.2) is 0 Å². The van der Waals surface area contributed by atoms with Crippen LogP contribution in [0.3, 0.4) is 0 Å². The molecule has 0 aliphatic heterocycles. The first-order chi connectivity index (χ1) is 11.3. The molecule has 0 heterocycles. The molecule has 0 aliphatic rings. The minimum atomic E-state index is -0.943. The van der Waals surface area contributed by atoms with E-state index in [-0.39, 0.29) is 36.9 Å².